The van der Waals surface area contributed by atoms with E-state index in [-0.39, 0.29) is 11.8 Å². The van der Waals surface area contributed by atoms with Crippen molar-refractivity contribution in [2.75, 3.05) is 19.1 Å². The second kappa shape index (κ2) is 5.36. The molecule has 0 aromatic heterocycles. The first-order valence-electron chi connectivity index (χ1n) is 4.63. The molecule has 0 aliphatic carbocycles. The van der Waals surface area contributed by atoms with Crippen LogP contribution in [0, 0.1) is 0 Å². The number of halogens is 2. The molecule has 0 radical (unpaired) electrons. The highest BCUT2D eigenvalue weighted by molar-refractivity contribution is 7.90. The fourth-order valence-corrected chi connectivity index (χ4v) is 2.91. The quantitative estimate of drug-likeness (QED) is 0.921. The molecule has 0 aliphatic rings. The minimum absolute atomic E-state index is 0.00481. The van der Waals surface area contributed by atoms with Crippen molar-refractivity contribution in [3.8, 4) is 0 Å². The first-order valence-corrected chi connectivity index (χ1v) is 7.45. The largest absolute Gasteiger partial charge is 0.312 e. The molecule has 90 valence electrons. The summed E-state index contributed by atoms with van der Waals surface area (Å²) in [6.45, 7) is 0. The van der Waals surface area contributed by atoms with E-state index in [4.69, 9.17) is 23.2 Å². The van der Waals surface area contributed by atoms with Crippen LogP contribution in [0.1, 0.15) is 11.6 Å². The molecule has 0 aliphatic heterocycles. The van der Waals surface area contributed by atoms with E-state index < -0.39 is 9.84 Å². The lowest BCUT2D eigenvalue weighted by Gasteiger charge is -2.17. The summed E-state index contributed by atoms with van der Waals surface area (Å²) < 4.78 is 22.5. The fourth-order valence-electron chi connectivity index (χ4n) is 1.42. The van der Waals surface area contributed by atoms with E-state index in [1.807, 2.05) is 0 Å². The Morgan fingerprint density at radius 2 is 2.00 bits per heavy atom. The van der Waals surface area contributed by atoms with Crippen LogP contribution in [0.2, 0.25) is 10.0 Å². The average molecular weight is 282 g/mol. The lowest BCUT2D eigenvalue weighted by Crippen LogP contribution is -2.24. The Labute approximate surface area is 106 Å². The van der Waals surface area contributed by atoms with Crippen molar-refractivity contribution in [3.05, 3.63) is 33.8 Å². The lowest BCUT2D eigenvalue weighted by atomic mass is 10.1. The van der Waals surface area contributed by atoms with E-state index in [0.717, 1.165) is 5.56 Å². The van der Waals surface area contributed by atoms with Crippen LogP contribution in [0.5, 0.6) is 0 Å². The molecule has 3 nitrogen and oxygen atoms in total. The molecule has 0 heterocycles. The molecule has 0 spiro atoms. The molecule has 16 heavy (non-hydrogen) atoms. The van der Waals surface area contributed by atoms with Crippen LogP contribution >= 0.6 is 23.2 Å². The third-order valence-electron chi connectivity index (χ3n) is 2.16. The van der Waals surface area contributed by atoms with E-state index in [1.54, 1.807) is 25.2 Å². The monoisotopic (exact) mass is 281 g/mol. The number of benzene rings is 1. The number of hydrogen-bond donors (Lipinski definition) is 1. The number of nitrogens with one attached hydrogen (secondary N) is 1. The molecule has 6 heteroatoms. The van der Waals surface area contributed by atoms with Crippen molar-refractivity contribution in [2.24, 2.45) is 0 Å². The van der Waals surface area contributed by atoms with Gasteiger partial charge in [-0.15, -0.1) is 0 Å². The van der Waals surface area contributed by atoms with Crippen LogP contribution in [-0.4, -0.2) is 27.5 Å². The van der Waals surface area contributed by atoms with Crippen molar-refractivity contribution in [1.29, 1.82) is 0 Å². The van der Waals surface area contributed by atoms with Gasteiger partial charge in [-0.1, -0.05) is 29.3 Å². The molecule has 1 unspecified atom stereocenters. The minimum atomic E-state index is -3.06. The van der Waals surface area contributed by atoms with Gasteiger partial charge in [0.05, 0.1) is 5.75 Å². The zero-order chi connectivity index (χ0) is 12.3. The van der Waals surface area contributed by atoms with Gasteiger partial charge in [-0.05, 0) is 24.7 Å². The molecule has 1 atom stereocenters. The predicted molar refractivity (Wildman–Crippen MR) is 68.0 cm³/mol. The van der Waals surface area contributed by atoms with Crippen molar-refractivity contribution < 1.29 is 8.42 Å². The highest BCUT2D eigenvalue weighted by Gasteiger charge is 2.18. The van der Waals surface area contributed by atoms with Crippen molar-refractivity contribution >= 4 is 33.0 Å². The maximum atomic E-state index is 11.2. The molecule has 0 amide bonds. The highest BCUT2D eigenvalue weighted by Crippen LogP contribution is 2.26. The first-order chi connectivity index (χ1) is 7.33. The molecule has 1 aromatic rings. The Kier molecular flexibility index (Phi) is 4.62. The SMILES string of the molecule is CNC(CS(C)(=O)=O)c1ccc(Cl)cc1Cl. The van der Waals surface area contributed by atoms with Gasteiger partial charge in [0.15, 0.2) is 0 Å². The van der Waals surface area contributed by atoms with Gasteiger partial charge in [0.1, 0.15) is 9.84 Å². The Morgan fingerprint density at radius 1 is 1.38 bits per heavy atom. The normalized spacial score (nSPS) is 13.8. The van der Waals surface area contributed by atoms with E-state index in [1.165, 1.54) is 6.26 Å². The molecule has 1 aromatic carbocycles. The van der Waals surface area contributed by atoms with Crippen LogP contribution in [-0.2, 0) is 9.84 Å². The summed E-state index contributed by atoms with van der Waals surface area (Å²) in [6, 6.07) is 4.71. The van der Waals surface area contributed by atoms with Crippen LogP contribution in [0.25, 0.3) is 0 Å². The van der Waals surface area contributed by atoms with E-state index >= 15 is 0 Å². The summed E-state index contributed by atoms with van der Waals surface area (Å²) in [6.07, 6.45) is 1.20. The maximum Gasteiger partial charge on any atom is 0.149 e. The van der Waals surface area contributed by atoms with E-state index in [2.05, 4.69) is 5.32 Å². The molecule has 1 N–H and O–H groups in total. The summed E-state index contributed by atoms with van der Waals surface area (Å²) >= 11 is 11.8. The molecular formula is C10H13Cl2NO2S. The molecule has 0 bridgehead atoms. The Balaban J connectivity index is 3.04. The standard InChI is InChI=1S/C10H13Cl2NO2S/c1-13-10(6-16(2,14)15)8-4-3-7(11)5-9(8)12/h3-5,10,13H,6H2,1-2H3. The zero-order valence-corrected chi connectivity index (χ0v) is 11.3. The second-order valence-corrected chi connectivity index (χ2v) is 6.63. The minimum Gasteiger partial charge on any atom is -0.312 e. The van der Waals surface area contributed by atoms with Crippen molar-refractivity contribution in [2.45, 2.75) is 6.04 Å². The van der Waals surface area contributed by atoms with Gasteiger partial charge in [0.2, 0.25) is 0 Å². The summed E-state index contributed by atoms with van der Waals surface area (Å²) in [5.41, 5.74) is 0.735. The number of rotatable bonds is 4. The maximum absolute atomic E-state index is 11.2. The van der Waals surface area contributed by atoms with Crippen LogP contribution in [0.3, 0.4) is 0 Å². The topological polar surface area (TPSA) is 46.2 Å². The highest BCUT2D eigenvalue weighted by atomic mass is 35.5. The summed E-state index contributed by atoms with van der Waals surface area (Å²) in [5, 5.41) is 3.93. The van der Waals surface area contributed by atoms with Gasteiger partial charge in [-0.25, -0.2) is 8.42 Å². The van der Waals surface area contributed by atoms with Crippen molar-refractivity contribution in [3.63, 3.8) is 0 Å². The smallest absolute Gasteiger partial charge is 0.149 e. The first kappa shape index (κ1) is 13.8. The second-order valence-electron chi connectivity index (χ2n) is 3.60. The van der Waals surface area contributed by atoms with Gasteiger partial charge < -0.3 is 5.32 Å². The van der Waals surface area contributed by atoms with Crippen molar-refractivity contribution in [1.82, 2.24) is 5.32 Å². The molecular weight excluding hydrogens is 269 g/mol. The Bertz CT molecular complexity index is 474. The number of sulfone groups is 1. The number of hydrogen-bond acceptors (Lipinski definition) is 3. The average Bonchev–Trinajstić information content (AvgIpc) is 2.13. The van der Waals surface area contributed by atoms with Gasteiger partial charge in [-0.3, -0.25) is 0 Å². The third kappa shape index (κ3) is 3.94. The Morgan fingerprint density at radius 3 is 2.44 bits per heavy atom. The van der Waals surface area contributed by atoms with Crippen LogP contribution < -0.4 is 5.32 Å². The summed E-state index contributed by atoms with van der Waals surface area (Å²) in [4.78, 5) is 0. The van der Waals surface area contributed by atoms with Gasteiger partial charge in [0, 0.05) is 22.3 Å². The fraction of sp³-hybridized carbons (Fsp3) is 0.400. The molecule has 0 fully saturated rings. The van der Waals surface area contributed by atoms with Gasteiger partial charge in [-0.2, -0.15) is 0 Å². The van der Waals surface area contributed by atoms with E-state index in [0.29, 0.717) is 10.0 Å². The predicted octanol–water partition coefficient (Wildman–Crippen LogP) is 2.30. The Hall–Kier alpha value is -0.290. The van der Waals surface area contributed by atoms with Crippen LogP contribution in [0.4, 0.5) is 0 Å². The lowest BCUT2D eigenvalue weighted by molar-refractivity contribution is 0.579. The van der Waals surface area contributed by atoms with Gasteiger partial charge >= 0.3 is 0 Å². The zero-order valence-electron chi connectivity index (χ0n) is 9.00. The molecule has 0 saturated heterocycles. The molecule has 1 rings (SSSR count). The third-order valence-corrected chi connectivity index (χ3v) is 3.66. The summed E-state index contributed by atoms with van der Waals surface area (Å²) in [7, 11) is -1.37. The van der Waals surface area contributed by atoms with Gasteiger partial charge in [0.25, 0.3) is 0 Å². The summed E-state index contributed by atoms with van der Waals surface area (Å²) in [5.74, 6) is 0.00481. The van der Waals surface area contributed by atoms with E-state index in [9.17, 15) is 8.42 Å². The van der Waals surface area contributed by atoms with Crippen LogP contribution in [0.15, 0.2) is 18.2 Å². The molecule has 0 saturated carbocycles.